The molecule has 1 aliphatic rings. The molecule has 0 amide bonds. The van der Waals surface area contributed by atoms with Crippen LogP contribution in [-0.2, 0) is 4.74 Å². The van der Waals surface area contributed by atoms with Gasteiger partial charge in [0.25, 0.3) is 0 Å². The molecule has 1 fully saturated rings. The van der Waals surface area contributed by atoms with Gasteiger partial charge in [-0.3, -0.25) is 0 Å². The normalized spacial score (nSPS) is 16.0. The minimum atomic E-state index is -1.85. The van der Waals surface area contributed by atoms with Gasteiger partial charge in [-0.05, 0) is 0 Å². The van der Waals surface area contributed by atoms with Gasteiger partial charge >= 0.3 is 7.32 Å². The van der Waals surface area contributed by atoms with Gasteiger partial charge in [0.05, 0.1) is 25.6 Å². The van der Waals surface area contributed by atoms with E-state index in [4.69, 9.17) is 14.8 Å². The van der Waals surface area contributed by atoms with Gasteiger partial charge < -0.3 is 24.3 Å². The number of rotatable bonds is 3. The van der Waals surface area contributed by atoms with Crippen LogP contribution < -0.4 is 9.55 Å². The molecular weight excluding hydrogens is 213 g/mol. The molecule has 0 bridgehead atoms. The SMILES string of the molecule is OB(O)Oc1cnc(N2CCOCC2)nc1. The van der Waals surface area contributed by atoms with Crippen molar-refractivity contribution in [1.29, 1.82) is 0 Å². The molecule has 2 heterocycles. The van der Waals surface area contributed by atoms with E-state index in [9.17, 15) is 0 Å². The molecule has 8 heteroatoms. The Morgan fingerprint density at radius 2 is 1.88 bits per heavy atom. The maximum absolute atomic E-state index is 8.57. The highest BCUT2D eigenvalue weighted by Gasteiger charge is 2.15. The van der Waals surface area contributed by atoms with Gasteiger partial charge in [-0.25, -0.2) is 9.97 Å². The molecule has 1 saturated heterocycles. The zero-order valence-corrected chi connectivity index (χ0v) is 8.61. The lowest BCUT2D eigenvalue weighted by Gasteiger charge is -2.26. The van der Waals surface area contributed by atoms with Crippen molar-refractivity contribution in [3.8, 4) is 5.75 Å². The van der Waals surface area contributed by atoms with Gasteiger partial charge in [-0.1, -0.05) is 0 Å². The summed E-state index contributed by atoms with van der Waals surface area (Å²) in [4.78, 5) is 10.1. The minimum absolute atomic E-state index is 0.215. The number of anilines is 1. The van der Waals surface area contributed by atoms with Crippen LogP contribution in [0, 0.1) is 0 Å². The molecule has 0 aliphatic carbocycles. The first kappa shape index (κ1) is 11.1. The predicted octanol–water partition coefficient (Wildman–Crippen LogP) is -1.34. The third kappa shape index (κ3) is 2.81. The molecule has 16 heavy (non-hydrogen) atoms. The van der Waals surface area contributed by atoms with Crippen molar-refractivity contribution in [2.24, 2.45) is 0 Å². The number of hydrogen-bond acceptors (Lipinski definition) is 7. The molecule has 0 aromatic carbocycles. The second-order valence-electron chi connectivity index (χ2n) is 3.26. The molecule has 0 unspecified atom stereocenters. The maximum Gasteiger partial charge on any atom is 0.707 e. The monoisotopic (exact) mass is 225 g/mol. The van der Waals surface area contributed by atoms with Crippen molar-refractivity contribution in [2.75, 3.05) is 31.2 Å². The van der Waals surface area contributed by atoms with Gasteiger partial charge in [-0.15, -0.1) is 0 Å². The smallest absolute Gasteiger partial charge is 0.509 e. The highest BCUT2D eigenvalue weighted by Crippen LogP contribution is 2.13. The standard InChI is InChI=1S/C8H12BN3O4/c13-9(14)16-7-5-10-8(11-6-7)12-1-3-15-4-2-12/h5-6,13-14H,1-4H2. The Balaban J connectivity index is 2.00. The third-order valence-electron chi connectivity index (χ3n) is 2.15. The Morgan fingerprint density at radius 3 is 2.44 bits per heavy atom. The van der Waals surface area contributed by atoms with Crippen molar-refractivity contribution in [3.05, 3.63) is 12.4 Å². The lowest BCUT2D eigenvalue weighted by Crippen LogP contribution is -2.37. The lowest BCUT2D eigenvalue weighted by molar-refractivity contribution is 0.122. The van der Waals surface area contributed by atoms with E-state index in [0.29, 0.717) is 19.2 Å². The molecule has 1 aromatic rings. The Hall–Kier alpha value is -1.38. The molecule has 86 valence electrons. The molecular formula is C8H12BN3O4. The molecule has 0 saturated carbocycles. The van der Waals surface area contributed by atoms with E-state index in [1.807, 2.05) is 4.90 Å². The van der Waals surface area contributed by atoms with Crippen LogP contribution in [0.1, 0.15) is 0 Å². The lowest BCUT2D eigenvalue weighted by atomic mass is 10.2. The van der Waals surface area contributed by atoms with E-state index in [-0.39, 0.29) is 5.75 Å². The molecule has 0 spiro atoms. The summed E-state index contributed by atoms with van der Waals surface area (Å²) in [7, 11) is -1.85. The molecule has 0 atom stereocenters. The summed E-state index contributed by atoms with van der Waals surface area (Å²) in [5, 5.41) is 17.1. The number of nitrogens with zero attached hydrogens (tertiary/aromatic N) is 3. The Kier molecular flexibility index (Phi) is 3.55. The van der Waals surface area contributed by atoms with Crippen LogP contribution >= 0.6 is 0 Å². The molecule has 1 aromatic heterocycles. The number of hydrogen-bond donors (Lipinski definition) is 2. The molecule has 0 radical (unpaired) electrons. The zero-order valence-electron chi connectivity index (χ0n) is 8.61. The second-order valence-corrected chi connectivity index (χ2v) is 3.26. The number of ether oxygens (including phenoxy) is 1. The van der Waals surface area contributed by atoms with Gasteiger partial charge in [0.2, 0.25) is 5.95 Å². The second kappa shape index (κ2) is 5.11. The molecule has 1 aliphatic heterocycles. The fraction of sp³-hybridized carbons (Fsp3) is 0.500. The average Bonchev–Trinajstić information content (AvgIpc) is 2.30. The summed E-state index contributed by atoms with van der Waals surface area (Å²) in [6.07, 6.45) is 2.80. The van der Waals surface area contributed by atoms with Crippen molar-refractivity contribution >= 4 is 13.3 Å². The van der Waals surface area contributed by atoms with E-state index in [2.05, 4.69) is 14.6 Å². The van der Waals surface area contributed by atoms with Crippen LogP contribution in [0.3, 0.4) is 0 Å². The van der Waals surface area contributed by atoms with E-state index in [0.717, 1.165) is 13.1 Å². The molecule has 2 rings (SSSR count). The summed E-state index contributed by atoms with van der Waals surface area (Å²) < 4.78 is 9.81. The molecule has 7 nitrogen and oxygen atoms in total. The topological polar surface area (TPSA) is 87.9 Å². The van der Waals surface area contributed by atoms with Crippen LogP contribution in [0.15, 0.2) is 12.4 Å². The molecule has 2 N–H and O–H groups in total. The summed E-state index contributed by atoms with van der Waals surface area (Å²) in [6, 6.07) is 0. The Labute approximate surface area is 92.8 Å². The van der Waals surface area contributed by atoms with Crippen molar-refractivity contribution in [1.82, 2.24) is 9.97 Å². The van der Waals surface area contributed by atoms with Crippen molar-refractivity contribution < 1.29 is 19.4 Å². The first-order valence-electron chi connectivity index (χ1n) is 4.93. The first-order valence-corrected chi connectivity index (χ1v) is 4.93. The number of morpholine rings is 1. The highest BCUT2D eigenvalue weighted by molar-refractivity contribution is 6.33. The third-order valence-corrected chi connectivity index (χ3v) is 2.15. The minimum Gasteiger partial charge on any atom is -0.509 e. The van der Waals surface area contributed by atoms with Gasteiger partial charge in [0.15, 0.2) is 0 Å². The summed E-state index contributed by atoms with van der Waals surface area (Å²) >= 11 is 0. The van der Waals surface area contributed by atoms with Crippen LogP contribution in [0.25, 0.3) is 0 Å². The fourth-order valence-electron chi connectivity index (χ4n) is 1.42. The van der Waals surface area contributed by atoms with Crippen molar-refractivity contribution in [2.45, 2.75) is 0 Å². The predicted molar refractivity (Wildman–Crippen MR) is 55.9 cm³/mol. The maximum atomic E-state index is 8.57. The summed E-state index contributed by atoms with van der Waals surface area (Å²) in [5.41, 5.74) is 0. The van der Waals surface area contributed by atoms with E-state index in [1.165, 1.54) is 12.4 Å². The van der Waals surface area contributed by atoms with Crippen LogP contribution in [0.5, 0.6) is 5.75 Å². The fourth-order valence-corrected chi connectivity index (χ4v) is 1.42. The van der Waals surface area contributed by atoms with Gasteiger partial charge in [-0.2, -0.15) is 0 Å². The quantitative estimate of drug-likeness (QED) is 0.615. The van der Waals surface area contributed by atoms with Crippen LogP contribution in [0.4, 0.5) is 5.95 Å². The van der Waals surface area contributed by atoms with E-state index in [1.54, 1.807) is 0 Å². The number of aromatic nitrogens is 2. The van der Waals surface area contributed by atoms with Gasteiger partial charge in [0.1, 0.15) is 5.75 Å². The average molecular weight is 225 g/mol. The summed E-state index contributed by atoms with van der Waals surface area (Å²) in [6.45, 7) is 2.83. The van der Waals surface area contributed by atoms with Gasteiger partial charge in [0, 0.05) is 13.1 Å². The Bertz CT molecular complexity index is 329. The van der Waals surface area contributed by atoms with Crippen molar-refractivity contribution in [3.63, 3.8) is 0 Å². The first-order chi connectivity index (χ1) is 7.75. The van der Waals surface area contributed by atoms with E-state index >= 15 is 0 Å². The largest absolute Gasteiger partial charge is 0.707 e. The summed E-state index contributed by atoms with van der Waals surface area (Å²) in [5.74, 6) is 0.801. The zero-order chi connectivity index (χ0) is 11.4. The van der Waals surface area contributed by atoms with E-state index < -0.39 is 7.32 Å². The Morgan fingerprint density at radius 1 is 1.25 bits per heavy atom. The van der Waals surface area contributed by atoms with Crippen LogP contribution in [-0.4, -0.2) is 53.6 Å². The highest BCUT2D eigenvalue weighted by atomic mass is 16.6. The van der Waals surface area contributed by atoms with Crippen LogP contribution in [0.2, 0.25) is 0 Å².